The first-order valence-corrected chi connectivity index (χ1v) is 5.40. The third-order valence-electron chi connectivity index (χ3n) is 2.12. The topological polar surface area (TPSA) is 26.3 Å². The van der Waals surface area contributed by atoms with E-state index in [-0.39, 0.29) is 11.9 Å². The number of unbranched alkanes of at least 4 members (excludes halogenated alkanes) is 2. The standard InChI is InChI=1S/C11H22O2/c1-4-7-8-9-10(12)11(5-2)13-6-3/h11H,4-9H2,1-3H3. The van der Waals surface area contributed by atoms with Crippen LogP contribution in [0.15, 0.2) is 0 Å². The Balaban J connectivity index is 3.64. The van der Waals surface area contributed by atoms with Crippen molar-refractivity contribution < 1.29 is 9.53 Å². The average Bonchev–Trinajstić information content (AvgIpc) is 2.14. The van der Waals surface area contributed by atoms with Gasteiger partial charge in [0.2, 0.25) is 0 Å². The van der Waals surface area contributed by atoms with Gasteiger partial charge in [0.25, 0.3) is 0 Å². The Morgan fingerprint density at radius 2 is 1.92 bits per heavy atom. The monoisotopic (exact) mass is 186 g/mol. The summed E-state index contributed by atoms with van der Waals surface area (Å²) in [6.07, 6.45) is 4.67. The lowest BCUT2D eigenvalue weighted by Crippen LogP contribution is -2.23. The van der Waals surface area contributed by atoms with E-state index >= 15 is 0 Å². The molecule has 0 saturated heterocycles. The van der Waals surface area contributed by atoms with Gasteiger partial charge in [-0.15, -0.1) is 0 Å². The maximum Gasteiger partial charge on any atom is 0.161 e. The van der Waals surface area contributed by atoms with E-state index in [1.807, 2.05) is 13.8 Å². The lowest BCUT2D eigenvalue weighted by Gasteiger charge is -2.13. The van der Waals surface area contributed by atoms with Crippen molar-refractivity contribution in [2.75, 3.05) is 6.61 Å². The summed E-state index contributed by atoms with van der Waals surface area (Å²) >= 11 is 0. The van der Waals surface area contributed by atoms with Gasteiger partial charge in [-0.2, -0.15) is 0 Å². The zero-order valence-corrected chi connectivity index (χ0v) is 9.14. The van der Waals surface area contributed by atoms with E-state index in [2.05, 4.69) is 6.92 Å². The number of ketones is 1. The van der Waals surface area contributed by atoms with E-state index in [1.165, 1.54) is 6.42 Å². The molecule has 0 fully saturated rings. The fourth-order valence-electron chi connectivity index (χ4n) is 1.35. The van der Waals surface area contributed by atoms with Crippen molar-refractivity contribution in [3.05, 3.63) is 0 Å². The quantitative estimate of drug-likeness (QED) is 0.545. The molecule has 0 aliphatic carbocycles. The highest BCUT2D eigenvalue weighted by Crippen LogP contribution is 2.07. The van der Waals surface area contributed by atoms with Gasteiger partial charge in [-0.3, -0.25) is 4.79 Å². The largest absolute Gasteiger partial charge is 0.371 e. The third-order valence-corrected chi connectivity index (χ3v) is 2.12. The van der Waals surface area contributed by atoms with Gasteiger partial charge in [-0.05, 0) is 19.8 Å². The van der Waals surface area contributed by atoms with Gasteiger partial charge in [0, 0.05) is 13.0 Å². The maximum atomic E-state index is 11.5. The van der Waals surface area contributed by atoms with Gasteiger partial charge in [-0.25, -0.2) is 0 Å². The number of ether oxygens (including phenoxy) is 1. The molecule has 0 saturated carbocycles. The van der Waals surface area contributed by atoms with Crippen LogP contribution in [0.1, 0.15) is 52.9 Å². The van der Waals surface area contributed by atoms with E-state index in [4.69, 9.17) is 4.74 Å². The van der Waals surface area contributed by atoms with Gasteiger partial charge in [0.15, 0.2) is 5.78 Å². The molecule has 0 aromatic heterocycles. The molecular formula is C11H22O2. The number of rotatable bonds is 8. The predicted octanol–water partition coefficient (Wildman–Crippen LogP) is 2.95. The first kappa shape index (κ1) is 12.6. The van der Waals surface area contributed by atoms with Crippen molar-refractivity contribution in [3.8, 4) is 0 Å². The van der Waals surface area contributed by atoms with Gasteiger partial charge in [0.05, 0.1) is 0 Å². The number of hydrogen-bond acceptors (Lipinski definition) is 2. The molecule has 0 spiro atoms. The molecule has 0 amide bonds. The highest BCUT2D eigenvalue weighted by molar-refractivity contribution is 5.82. The van der Waals surface area contributed by atoms with Crippen LogP contribution in [0.5, 0.6) is 0 Å². The molecule has 0 N–H and O–H groups in total. The highest BCUT2D eigenvalue weighted by Gasteiger charge is 2.14. The predicted molar refractivity (Wildman–Crippen MR) is 54.9 cm³/mol. The Hall–Kier alpha value is -0.370. The van der Waals surface area contributed by atoms with Gasteiger partial charge in [0.1, 0.15) is 6.10 Å². The summed E-state index contributed by atoms with van der Waals surface area (Å²) < 4.78 is 5.33. The summed E-state index contributed by atoms with van der Waals surface area (Å²) in [5, 5.41) is 0. The van der Waals surface area contributed by atoms with Crippen molar-refractivity contribution >= 4 is 5.78 Å². The Labute approximate surface area is 81.7 Å². The van der Waals surface area contributed by atoms with Crippen molar-refractivity contribution in [1.82, 2.24) is 0 Å². The van der Waals surface area contributed by atoms with Crippen LogP contribution in [0.2, 0.25) is 0 Å². The lowest BCUT2D eigenvalue weighted by atomic mass is 10.1. The first-order valence-electron chi connectivity index (χ1n) is 5.40. The van der Waals surface area contributed by atoms with E-state index in [9.17, 15) is 4.79 Å². The average molecular weight is 186 g/mol. The summed E-state index contributed by atoms with van der Waals surface area (Å²) in [4.78, 5) is 11.5. The summed E-state index contributed by atoms with van der Waals surface area (Å²) in [5.74, 6) is 0.276. The van der Waals surface area contributed by atoms with E-state index < -0.39 is 0 Å². The Bertz CT molecular complexity index is 132. The SMILES string of the molecule is CCCCCC(=O)C(CC)OCC. The zero-order valence-electron chi connectivity index (χ0n) is 9.14. The molecule has 0 aromatic rings. The van der Waals surface area contributed by atoms with Crippen LogP contribution >= 0.6 is 0 Å². The Kier molecular flexibility index (Phi) is 8.00. The first-order chi connectivity index (χ1) is 6.26. The minimum absolute atomic E-state index is 0.151. The molecule has 0 aliphatic rings. The van der Waals surface area contributed by atoms with Gasteiger partial charge < -0.3 is 4.74 Å². The second-order valence-electron chi connectivity index (χ2n) is 3.28. The van der Waals surface area contributed by atoms with Crippen LogP contribution in [-0.2, 0) is 9.53 Å². The molecule has 0 rings (SSSR count). The molecule has 0 bridgehead atoms. The van der Waals surface area contributed by atoms with Crippen molar-refractivity contribution in [2.24, 2.45) is 0 Å². The van der Waals surface area contributed by atoms with Gasteiger partial charge in [-0.1, -0.05) is 26.7 Å². The molecule has 2 nitrogen and oxygen atoms in total. The summed E-state index contributed by atoms with van der Waals surface area (Å²) in [5.41, 5.74) is 0. The van der Waals surface area contributed by atoms with Crippen molar-refractivity contribution in [1.29, 1.82) is 0 Å². The van der Waals surface area contributed by atoms with Crippen molar-refractivity contribution in [3.63, 3.8) is 0 Å². The van der Waals surface area contributed by atoms with Crippen molar-refractivity contribution in [2.45, 2.75) is 59.0 Å². The van der Waals surface area contributed by atoms with E-state index in [1.54, 1.807) is 0 Å². The fraction of sp³-hybridized carbons (Fsp3) is 0.909. The minimum atomic E-state index is -0.151. The fourth-order valence-corrected chi connectivity index (χ4v) is 1.35. The molecule has 0 aliphatic heterocycles. The zero-order chi connectivity index (χ0) is 10.1. The molecule has 2 heteroatoms. The van der Waals surface area contributed by atoms with Gasteiger partial charge >= 0.3 is 0 Å². The number of carbonyl (C=O) groups excluding carboxylic acids is 1. The van der Waals surface area contributed by atoms with Crippen LogP contribution in [0, 0.1) is 0 Å². The number of Topliss-reactive ketones (excluding diaryl/α,β-unsaturated/α-hetero) is 1. The molecule has 0 radical (unpaired) electrons. The highest BCUT2D eigenvalue weighted by atomic mass is 16.5. The summed E-state index contributed by atoms with van der Waals surface area (Å²) in [6.45, 7) is 6.71. The molecular weight excluding hydrogens is 164 g/mol. The minimum Gasteiger partial charge on any atom is -0.371 e. The number of carbonyl (C=O) groups is 1. The van der Waals surface area contributed by atoms with E-state index in [0.717, 1.165) is 19.3 Å². The summed E-state index contributed by atoms with van der Waals surface area (Å²) in [6, 6.07) is 0. The lowest BCUT2D eigenvalue weighted by molar-refractivity contribution is -0.130. The molecule has 0 aromatic carbocycles. The maximum absolute atomic E-state index is 11.5. The normalized spacial score (nSPS) is 12.8. The second-order valence-corrected chi connectivity index (χ2v) is 3.28. The smallest absolute Gasteiger partial charge is 0.161 e. The molecule has 13 heavy (non-hydrogen) atoms. The molecule has 78 valence electrons. The van der Waals surface area contributed by atoms with Crippen LogP contribution in [-0.4, -0.2) is 18.5 Å². The van der Waals surface area contributed by atoms with Crippen LogP contribution in [0.25, 0.3) is 0 Å². The van der Waals surface area contributed by atoms with Crippen LogP contribution < -0.4 is 0 Å². The molecule has 1 unspecified atom stereocenters. The van der Waals surface area contributed by atoms with Crippen LogP contribution in [0.3, 0.4) is 0 Å². The summed E-state index contributed by atoms with van der Waals surface area (Å²) in [7, 11) is 0. The number of hydrogen-bond donors (Lipinski definition) is 0. The second kappa shape index (κ2) is 8.24. The molecule has 1 atom stereocenters. The van der Waals surface area contributed by atoms with E-state index in [0.29, 0.717) is 13.0 Å². The van der Waals surface area contributed by atoms with Crippen LogP contribution in [0.4, 0.5) is 0 Å². The third kappa shape index (κ3) is 5.81. The Morgan fingerprint density at radius 1 is 1.23 bits per heavy atom. The molecule has 0 heterocycles. The Morgan fingerprint density at radius 3 is 2.38 bits per heavy atom.